The first-order valence-corrected chi connectivity index (χ1v) is 6.95. The minimum Gasteiger partial charge on any atom is -0.496 e. The molecule has 2 aromatic rings. The van der Waals surface area contributed by atoms with Crippen molar-refractivity contribution in [1.29, 1.82) is 0 Å². The maximum atomic E-state index is 12.2. The van der Waals surface area contributed by atoms with Gasteiger partial charge in [0.25, 0.3) is 5.91 Å². The standard InChI is InChI=1S/C16H21N3O2/c1-11-13(12(2)19(3)18-11)9-10-17-16(20)14-7-5-6-8-15(14)21-4/h5-8H,9-10H2,1-4H3,(H,17,20). The van der Waals surface area contributed by atoms with Gasteiger partial charge in [0.2, 0.25) is 0 Å². The number of carbonyl (C=O) groups excluding carboxylic acids is 1. The van der Waals surface area contributed by atoms with Crippen molar-refractivity contribution in [2.24, 2.45) is 7.05 Å². The summed E-state index contributed by atoms with van der Waals surface area (Å²) in [6.07, 6.45) is 0.770. The predicted molar refractivity (Wildman–Crippen MR) is 81.7 cm³/mol. The second kappa shape index (κ2) is 6.43. The molecule has 0 atom stereocenters. The summed E-state index contributed by atoms with van der Waals surface area (Å²) in [7, 11) is 3.49. The van der Waals surface area contributed by atoms with E-state index in [9.17, 15) is 4.79 Å². The lowest BCUT2D eigenvalue weighted by Gasteiger charge is -2.09. The maximum absolute atomic E-state index is 12.2. The van der Waals surface area contributed by atoms with E-state index in [1.54, 1.807) is 19.2 Å². The molecule has 0 bridgehead atoms. The summed E-state index contributed by atoms with van der Waals surface area (Å²) in [5, 5.41) is 7.31. The third-order valence-corrected chi connectivity index (χ3v) is 3.67. The fraction of sp³-hybridized carbons (Fsp3) is 0.375. The molecule has 1 aromatic carbocycles. The number of ether oxygens (including phenoxy) is 1. The molecule has 112 valence electrons. The molecule has 0 saturated heterocycles. The average molecular weight is 287 g/mol. The minimum absolute atomic E-state index is 0.119. The van der Waals surface area contributed by atoms with Gasteiger partial charge in [-0.05, 0) is 38.0 Å². The van der Waals surface area contributed by atoms with E-state index >= 15 is 0 Å². The summed E-state index contributed by atoms with van der Waals surface area (Å²) in [6, 6.07) is 7.21. The highest BCUT2D eigenvalue weighted by molar-refractivity contribution is 5.96. The van der Waals surface area contributed by atoms with Crippen LogP contribution in [0.3, 0.4) is 0 Å². The van der Waals surface area contributed by atoms with Crippen molar-refractivity contribution in [3.63, 3.8) is 0 Å². The molecule has 1 heterocycles. The normalized spacial score (nSPS) is 10.5. The zero-order valence-corrected chi connectivity index (χ0v) is 12.9. The summed E-state index contributed by atoms with van der Waals surface area (Å²) in [5.74, 6) is 0.468. The Balaban J connectivity index is 1.99. The van der Waals surface area contributed by atoms with E-state index in [1.165, 1.54) is 5.56 Å². The molecule has 1 amide bonds. The Morgan fingerprint density at radius 3 is 2.67 bits per heavy atom. The molecular formula is C16H21N3O2. The Hall–Kier alpha value is -2.30. The van der Waals surface area contributed by atoms with Crippen molar-refractivity contribution in [3.8, 4) is 5.75 Å². The van der Waals surface area contributed by atoms with Gasteiger partial charge in [-0.15, -0.1) is 0 Å². The average Bonchev–Trinajstić information content (AvgIpc) is 2.73. The Morgan fingerprint density at radius 1 is 1.33 bits per heavy atom. The van der Waals surface area contributed by atoms with Gasteiger partial charge in [-0.3, -0.25) is 9.48 Å². The van der Waals surface area contributed by atoms with Crippen molar-refractivity contribution in [1.82, 2.24) is 15.1 Å². The van der Waals surface area contributed by atoms with Gasteiger partial charge in [-0.2, -0.15) is 5.10 Å². The monoisotopic (exact) mass is 287 g/mol. The topological polar surface area (TPSA) is 56.1 Å². The lowest BCUT2D eigenvalue weighted by Crippen LogP contribution is -2.26. The van der Waals surface area contributed by atoms with Crippen molar-refractivity contribution >= 4 is 5.91 Å². The summed E-state index contributed by atoms with van der Waals surface area (Å²) in [6.45, 7) is 4.60. The minimum atomic E-state index is -0.119. The zero-order valence-electron chi connectivity index (χ0n) is 12.9. The van der Waals surface area contributed by atoms with Crippen LogP contribution < -0.4 is 10.1 Å². The van der Waals surface area contributed by atoms with Crippen LogP contribution in [-0.2, 0) is 13.5 Å². The van der Waals surface area contributed by atoms with Crippen molar-refractivity contribution in [2.45, 2.75) is 20.3 Å². The molecule has 0 saturated carbocycles. The van der Waals surface area contributed by atoms with Gasteiger partial charge in [0.05, 0.1) is 18.4 Å². The van der Waals surface area contributed by atoms with E-state index in [0.29, 0.717) is 17.9 Å². The van der Waals surface area contributed by atoms with Crippen LogP contribution in [0.15, 0.2) is 24.3 Å². The predicted octanol–water partition coefficient (Wildman–Crippen LogP) is 2.02. The van der Waals surface area contributed by atoms with E-state index in [0.717, 1.165) is 17.8 Å². The molecule has 5 nitrogen and oxygen atoms in total. The molecule has 0 aliphatic heterocycles. The summed E-state index contributed by atoms with van der Waals surface area (Å²) in [5.41, 5.74) is 3.90. The van der Waals surface area contributed by atoms with E-state index in [2.05, 4.69) is 10.4 Å². The fourth-order valence-corrected chi connectivity index (χ4v) is 2.41. The van der Waals surface area contributed by atoms with Gasteiger partial charge in [0, 0.05) is 19.3 Å². The Bertz CT molecular complexity index is 647. The van der Waals surface area contributed by atoms with Crippen molar-refractivity contribution in [2.75, 3.05) is 13.7 Å². The van der Waals surface area contributed by atoms with Gasteiger partial charge in [0.1, 0.15) is 5.75 Å². The van der Waals surface area contributed by atoms with Gasteiger partial charge in [0.15, 0.2) is 0 Å². The number of amides is 1. The summed E-state index contributed by atoms with van der Waals surface area (Å²) in [4.78, 5) is 12.2. The number of hydrogen-bond donors (Lipinski definition) is 1. The number of methoxy groups -OCH3 is 1. The number of nitrogens with one attached hydrogen (secondary N) is 1. The van der Waals surface area contributed by atoms with E-state index in [4.69, 9.17) is 4.74 Å². The molecule has 0 radical (unpaired) electrons. The largest absolute Gasteiger partial charge is 0.496 e. The van der Waals surface area contributed by atoms with Crippen LogP contribution in [-0.4, -0.2) is 29.3 Å². The molecule has 2 rings (SSSR count). The lowest BCUT2D eigenvalue weighted by molar-refractivity contribution is 0.0951. The first-order valence-electron chi connectivity index (χ1n) is 6.95. The number of benzene rings is 1. The van der Waals surface area contributed by atoms with Gasteiger partial charge in [-0.25, -0.2) is 0 Å². The number of carbonyl (C=O) groups is 1. The van der Waals surface area contributed by atoms with Crippen LogP contribution in [0.5, 0.6) is 5.75 Å². The van der Waals surface area contributed by atoms with Crippen LogP contribution >= 0.6 is 0 Å². The van der Waals surface area contributed by atoms with E-state index < -0.39 is 0 Å². The molecule has 0 unspecified atom stereocenters. The van der Waals surface area contributed by atoms with Gasteiger partial charge >= 0.3 is 0 Å². The highest BCUT2D eigenvalue weighted by Crippen LogP contribution is 2.17. The second-order valence-corrected chi connectivity index (χ2v) is 4.98. The van der Waals surface area contributed by atoms with Crippen molar-refractivity contribution in [3.05, 3.63) is 46.8 Å². The van der Waals surface area contributed by atoms with E-state index in [1.807, 2.05) is 37.7 Å². The molecule has 1 N–H and O–H groups in total. The van der Waals surface area contributed by atoms with Crippen LogP contribution in [0.2, 0.25) is 0 Å². The summed E-state index contributed by atoms with van der Waals surface area (Å²) < 4.78 is 7.07. The third kappa shape index (κ3) is 3.24. The Labute approximate surface area is 124 Å². The lowest BCUT2D eigenvalue weighted by atomic mass is 10.1. The molecule has 0 aliphatic carbocycles. The molecule has 1 aromatic heterocycles. The quantitative estimate of drug-likeness (QED) is 0.915. The first-order chi connectivity index (χ1) is 10.0. The number of rotatable bonds is 5. The molecule has 0 aliphatic rings. The van der Waals surface area contributed by atoms with Crippen LogP contribution in [0.1, 0.15) is 27.3 Å². The first kappa shape index (κ1) is 15.1. The fourth-order valence-electron chi connectivity index (χ4n) is 2.41. The smallest absolute Gasteiger partial charge is 0.255 e. The maximum Gasteiger partial charge on any atom is 0.255 e. The number of para-hydroxylation sites is 1. The summed E-state index contributed by atoms with van der Waals surface area (Å²) >= 11 is 0. The Morgan fingerprint density at radius 2 is 2.05 bits per heavy atom. The number of nitrogens with zero attached hydrogens (tertiary/aromatic N) is 2. The van der Waals surface area contributed by atoms with E-state index in [-0.39, 0.29) is 5.91 Å². The number of aryl methyl sites for hydroxylation is 2. The SMILES string of the molecule is COc1ccccc1C(=O)NCCc1c(C)nn(C)c1C. The van der Waals surface area contributed by atoms with Crippen molar-refractivity contribution < 1.29 is 9.53 Å². The molecule has 0 spiro atoms. The second-order valence-electron chi connectivity index (χ2n) is 4.98. The van der Waals surface area contributed by atoms with Gasteiger partial charge < -0.3 is 10.1 Å². The van der Waals surface area contributed by atoms with Crippen LogP contribution in [0, 0.1) is 13.8 Å². The third-order valence-electron chi connectivity index (χ3n) is 3.67. The Kier molecular flexibility index (Phi) is 4.62. The molecular weight excluding hydrogens is 266 g/mol. The molecule has 21 heavy (non-hydrogen) atoms. The number of aromatic nitrogens is 2. The highest BCUT2D eigenvalue weighted by atomic mass is 16.5. The van der Waals surface area contributed by atoms with Gasteiger partial charge in [-0.1, -0.05) is 12.1 Å². The number of hydrogen-bond acceptors (Lipinski definition) is 3. The molecule has 5 heteroatoms. The van der Waals surface area contributed by atoms with Crippen LogP contribution in [0.25, 0.3) is 0 Å². The molecule has 0 fully saturated rings. The van der Waals surface area contributed by atoms with Crippen LogP contribution in [0.4, 0.5) is 0 Å². The zero-order chi connectivity index (χ0) is 15.4. The highest BCUT2D eigenvalue weighted by Gasteiger charge is 2.12.